The first-order chi connectivity index (χ1) is 4.83. The molecule has 1 N–H and O–H groups in total. The molecule has 56 valence electrons. The molecule has 0 amide bonds. The summed E-state index contributed by atoms with van der Waals surface area (Å²) in [7, 11) is 0. The molecule has 0 heterocycles. The van der Waals surface area contributed by atoms with Crippen LogP contribution in [0.1, 0.15) is 19.3 Å². The van der Waals surface area contributed by atoms with Gasteiger partial charge in [-0.15, -0.1) is 0 Å². The second kappa shape index (κ2) is 2.04. The molecule has 0 aliphatic heterocycles. The number of rotatable bonds is 1. The van der Waals surface area contributed by atoms with Crippen LogP contribution in [-0.4, -0.2) is 17.1 Å². The van der Waals surface area contributed by atoms with E-state index in [2.05, 4.69) is 4.89 Å². The summed E-state index contributed by atoms with van der Waals surface area (Å²) in [4.78, 5) is 15.2. The lowest BCUT2D eigenvalue weighted by Crippen LogP contribution is -2.29. The number of ketones is 1. The quantitative estimate of drug-likeness (QED) is 0.436. The fourth-order valence-electron chi connectivity index (χ4n) is 2.15. The van der Waals surface area contributed by atoms with Crippen LogP contribution >= 0.6 is 0 Å². The van der Waals surface area contributed by atoms with E-state index in [0.29, 0.717) is 5.92 Å². The molecule has 2 fully saturated rings. The summed E-state index contributed by atoms with van der Waals surface area (Å²) in [5.41, 5.74) is 0. The summed E-state index contributed by atoms with van der Waals surface area (Å²) < 4.78 is 0. The first-order valence-corrected chi connectivity index (χ1v) is 3.67. The predicted octanol–water partition coefficient (Wildman–Crippen LogP) is 0.844. The van der Waals surface area contributed by atoms with Crippen molar-refractivity contribution < 1.29 is 14.9 Å². The van der Waals surface area contributed by atoms with Crippen molar-refractivity contribution in [2.45, 2.75) is 25.4 Å². The molecule has 0 aromatic rings. The van der Waals surface area contributed by atoms with Gasteiger partial charge in [0, 0.05) is 5.92 Å². The Morgan fingerprint density at radius 3 is 2.70 bits per heavy atom. The molecule has 0 saturated heterocycles. The Balaban J connectivity index is 2.17. The van der Waals surface area contributed by atoms with Crippen LogP contribution in [0.5, 0.6) is 0 Å². The molecule has 3 nitrogen and oxygen atoms in total. The smallest absolute Gasteiger partial charge is 0.168 e. The van der Waals surface area contributed by atoms with Crippen molar-refractivity contribution in [2.24, 2.45) is 11.8 Å². The number of carbonyl (C=O) groups excluding carboxylic acids is 1. The van der Waals surface area contributed by atoms with E-state index in [-0.39, 0.29) is 11.7 Å². The highest BCUT2D eigenvalue weighted by molar-refractivity contribution is 5.88. The highest BCUT2D eigenvalue weighted by atomic mass is 17.1. The molecular formula is C7H10O3. The largest absolute Gasteiger partial charge is 0.296 e. The predicted molar refractivity (Wildman–Crippen MR) is 33.3 cm³/mol. The first-order valence-electron chi connectivity index (χ1n) is 3.67. The number of carbonyl (C=O) groups is 1. The molecule has 2 rings (SSSR count). The fraction of sp³-hybridized carbons (Fsp3) is 0.857. The zero-order chi connectivity index (χ0) is 7.14. The molecule has 0 aromatic carbocycles. The third-order valence-corrected chi connectivity index (χ3v) is 2.70. The molecule has 3 heteroatoms. The van der Waals surface area contributed by atoms with Gasteiger partial charge in [-0.25, -0.2) is 4.89 Å². The maximum absolute atomic E-state index is 11.1. The summed E-state index contributed by atoms with van der Waals surface area (Å²) in [5, 5.41) is 8.34. The molecule has 2 aliphatic carbocycles. The van der Waals surface area contributed by atoms with E-state index in [1.54, 1.807) is 0 Å². The second-order valence-electron chi connectivity index (χ2n) is 3.20. The van der Waals surface area contributed by atoms with E-state index in [1.165, 1.54) is 0 Å². The lowest BCUT2D eigenvalue weighted by Gasteiger charge is -2.15. The Kier molecular flexibility index (Phi) is 1.28. The van der Waals surface area contributed by atoms with Gasteiger partial charge >= 0.3 is 0 Å². The monoisotopic (exact) mass is 142 g/mol. The number of Topliss-reactive ketones (excluding diaryl/α,β-unsaturated/α-hetero) is 1. The van der Waals surface area contributed by atoms with Crippen molar-refractivity contribution >= 4 is 5.78 Å². The third kappa shape index (κ3) is 0.646. The number of hydrogen-bond acceptors (Lipinski definition) is 3. The van der Waals surface area contributed by atoms with Crippen LogP contribution in [0.2, 0.25) is 0 Å². The second-order valence-corrected chi connectivity index (χ2v) is 3.20. The molecule has 0 aromatic heterocycles. The van der Waals surface area contributed by atoms with Gasteiger partial charge < -0.3 is 0 Å². The Morgan fingerprint density at radius 2 is 2.30 bits per heavy atom. The lowest BCUT2D eigenvalue weighted by molar-refractivity contribution is -0.278. The summed E-state index contributed by atoms with van der Waals surface area (Å²) in [6.45, 7) is 0. The molecule has 2 aliphatic rings. The maximum atomic E-state index is 11.1. The zero-order valence-corrected chi connectivity index (χ0v) is 5.62. The normalized spacial score (nSPS) is 44.9. The van der Waals surface area contributed by atoms with E-state index in [9.17, 15) is 4.79 Å². The van der Waals surface area contributed by atoms with Gasteiger partial charge in [0.15, 0.2) is 11.9 Å². The van der Waals surface area contributed by atoms with Crippen molar-refractivity contribution in [1.82, 2.24) is 0 Å². The van der Waals surface area contributed by atoms with Crippen molar-refractivity contribution in [3.05, 3.63) is 0 Å². The van der Waals surface area contributed by atoms with Gasteiger partial charge in [-0.2, -0.15) is 0 Å². The van der Waals surface area contributed by atoms with Crippen LogP contribution in [0, 0.1) is 11.8 Å². The number of hydrogen-bond donors (Lipinski definition) is 1. The number of fused-ring (bicyclic) bond motifs is 2. The van der Waals surface area contributed by atoms with Crippen LogP contribution in [0.15, 0.2) is 0 Å². The minimum absolute atomic E-state index is 0.110. The average molecular weight is 142 g/mol. The van der Waals surface area contributed by atoms with Gasteiger partial charge in [0.1, 0.15) is 0 Å². The average Bonchev–Trinajstić information content (AvgIpc) is 2.46. The lowest BCUT2D eigenvalue weighted by atomic mass is 9.97. The van der Waals surface area contributed by atoms with Crippen LogP contribution in [0.3, 0.4) is 0 Å². The Morgan fingerprint density at radius 1 is 1.50 bits per heavy atom. The van der Waals surface area contributed by atoms with Crippen molar-refractivity contribution in [3.8, 4) is 0 Å². The minimum Gasteiger partial charge on any atom is -0.296 e. The van der Waals surface area contributed by atoms with Crippen molar-refractivity contribution in [3.63, 3.8) is 0 Å². The van der Waals surface area contributed by atoms with Crippen molar-refractivity contribution in [1.29, 1.82) is 0 Å². The topological polar surface area (TPSA) is 46.5 Å². The molecule has 0 spiro atoms. The summed E-state index contributed by atoms with van der Waals surface area (Å²) in [6.07, 6.45) is 2.49. The van der Waals surface area contributed by atoms with Crippen LogP contribution in [0.4, 0.5) is 0 Å². The SMILES string of the molecule is O=C1C2CCC(C2)C1OO. The summed E-state index contributed by atoms with van der Waals surface area (Å²) >= 11 is 0. The first kappa shape index (κ1) is 6.31. The molecule has 3 atom stereocenters. The molecule has 2 bridgehead atoms. The van der Waals surface area contributed by atoms with E-state index < -0.39 is 6.10 Å². The van der Waals surface area contributed by atoms with Gasteiger partial charge in [0.25, 0.3) is 0 Å². The Bertz CT molecular complexity index is 166. The standard InChI is InChI=1S/C7H10O3/c8-6-4-1-2-5(3-4)7(6)10-9/h4-5,7,9H,1-3H2. The van der Waals surface area contributed by atoms with E-state index in [4.69, 9.17) is 5.26 Å². The van der Waals surface area contributed by atoms with Crippen molar-refractivity contribution in [2.75, 3.05) is 0 Å². The van der Waals surface area contributed by atoms with Crippen LogP contribution in [0.25, 0.3) is 0 Å². The Labute approximate surface area is 58.9 Å². The van der Waals surface area contributed by atoms with Gasteiger partial charge in [-0.1, -0.05) is 0 Å². The van der Waals surface area contributed by atoms with Crippen LogP contribution in [-0.2, 0) is 9.68 Å². The van der Waals surface area contributed by atoms with E-state index in [0.717, 1.165) is 19.3 Å². The molecule has 2 saturated carbocycles. The third-order valence-electron chi connectivity index (χ3n) is 2.70. The molecule has 0 radical (unpaired) electrons. The molecule has 10 heavy (non-hydrogen) atoms. The van der Waals surface area contributed by atoms with E-state index >= 15 is 0 Å². The fourth-order valence-corrected chi connectivity index (χ4v) is 2.15. The maximum Gasteiger partial charge on any atom is 0.168 e. The molecular weight excluding hydrogens is 132 g/mol. The minimum atomic E-state index is -0.487. The van der Waals surface area contributed by atoms with Gasteiger partial charge in [-0.05, 0) is 25.2 Å². The van der Waals surface area contributed by atoms with Gasteiger partial charge in [0.05, 0.1) is 0 Å². The Hall–Kier alpha value is -0.410. The van der Waals surface area contributed by atoms with Gasteiger partial charge in [-0.3, -0.25) is 10.1 Å². The van der Waals surface area contributed by atoms with Crippen LogP contribution < -0.4 is 0 Å². The van der Waals surface area contributed by atoms with Gasteiger partial charge in [0.2, 0.25) is 0 Å². The van der Waals surface area contributed by atoms with E-state index in [1.807, 2.05) is 0 Å². The highest BCUT2D eigenvalue weighted by Gasteiger charge is 2.47. The zero-order valence-electron chi connectivity index (χ0n) is 5.62. The summed E-state index contributed by atoms with van der Waals surface area (Å²) in [5.74, 6) is 0.614. The molecule has 3 unspecified atom stereocenters. The summed E-state index contributed by atoms with van der Waals surface area (Å²) in [6, 6.07) is 0. The highest BCUT2D eigenvalue weighted by Crippen LogP contribution is 2.43.